The Morgan fingerprint density at radius 2 is 0.750 bits per heavy atom. The van der Waals surface area contributed by atoms with Crippen LogP contribution in [-0.2, 0) is 0 Å². The molecule has 0 amide bonds. The molecule has 2 heteroatoms. The van der Waals surface area contributed by atoms with E-state index in [2.05, 4.69) is 0 Å². The van der Waals surface area contributed by atoms with Crippen LogP contribution in [0, 0.1) is 0 Å². The van der Waals surface area contributed by atoms with Gasteiger partial charge in [0.15, 0.2) is 0 Å². The second-order valence-corrected chi connectivity index (χ2v) is 0. The van der Waals surface area contributed by atoms with Crippen LogP contribution in [0.1, 0.15) is 14.9 Å². The summed E-state index contributed by atoms with van der Waals surface area (Å²) in [6.45, 7) is 0. The monoisotopic (exact) mass is 232 g/mol. The molecule has 4 heavy (non-hydrogen) atoms. The van der Waals surface area contributed by atoms with Crippen molar-refractivity contribution in [2.24, 2.45) is 0 Å². The second kappa shape index (κ2) is 27.7. The third kappa shape index (κ3) is 10.3. The fourth-order valence-corrected chi connectivity index (χ4v) is 0. The van der Waals surface area contributed by atoms with E-state index in [4.69, 9.17) is 0 Å². The molecule has 3 radical (unpaired) electrons. The molecular weight excluding hydrogens is 226 g/mol. The molecule has 0 nitrogen and oxygen atoms in total. The molecule has 29 valence electrons. The van der Waals surface area contributed by atoms with Crippen molar-refractivity contribution in [1.29, 1.82) is 0 Å². The van der Waals surface area contributed by atoms with E-state index in [9.17, 15) is 0 Å². The minimum absolute atomic E-state index is 0. The van der Waals surface area contributed by atoms with E-state index in [-0.39, 0.29) is 56.3 Å². The van der Waals surface area contributed by atoms with Crippen molar-refractivity contribution in [2.75, 3.05) is 0 Å². The largest absolute Gasteiger partial charge is 1.00 e. The Hall–Kier alpha value is 1.30. The minimum atomic E-state index is 0. The minimum Gasteiger partial charge on any atom is -1.00 e. The second-order valence-electron chi connectivity index (χ2n) is 0. The van der Waals surface area contributed by atoms with Crippen LogP contribution in [0.3, 0.4) is 0 Å². The third-order valence-electron chi connectivity index (χ3n) is 0. The van der Waals surface area contributed by atoms with E-state index in [1.807, 2.05) is 0 Å². The van der Waals surface area contributed by atoms with Gasteiger partial charge in [-0.3, -0.25) is 0 Å². The Morgan fingerprint density at radius 3 is 0.750 bits per heavy atom. The molecule has 0 aromatic rings. The summed E-state index contributed by atoms with van der Waals surface area (Å²) in [5.41, 5.74) is 0. The molecule has 0 N–H and O–H groups in total. The molecule has 0 aliphatic carbocycles. The molecule has 0 spiro atoms. The van der Waals surface area contributed by atoms with E-state index in [0.29, 0.717) is 0 Å². The van der Waals surface area contributed by atoms with Gasteiger partial charge in [0.05, 0.1) is 0 Å². The van der Waals surface area contributed by atoms with Crippen molar-refractivity contribution in [3.05, 3.63) is 0 Å². The maximum absolute atomic E-state index is 0. The van der Waals surface area contributed by atoms with Gasteiger partial charge >= 0.3 is 0 Å². The zero-order valence-corrected chi connectivity index (χ0v) is 4.96. The SMILES string of the molecule is C.C.[Br-].[Sb]. The molecular formula is C2H8BrSb-. The van der Waals surface area contributed by atoms with Gasteiger partial charge < -0.3 is 17.0 Å². The zero-order valence-electron chi connectivity index (χ0n) is 0.825. The first-order valence-electron chi connectivity index (χ1n) is 0. The molecule has 0 aliphatic heterocycles. The fraction of sp³-hybridized carbons (Fsp3) is 1.00. The summed E-state index contributed by atoms with van der Waals surface area (Å²) in [5.74, 6) is 0. The van der Waals surface area contributed by atoms with Crippen molar-refractivity contribution >= 4 is 24.4 Å². The summed E-state index contributed by atoms with van der Waals surface area (Å²) >= 11 is 0. The first-order chi connectivity index (χ1) is 0. The summed E-state index contributed by atoms with van der Waals surface area (Å²) in [7, 11) is 0. The molecule has 0 saturated heterocycles. The zero-order chi connectivity index (χ0) is 0. The number of rotatable bonds is 0. The van der Waals surface area contributed by atoms with Gasteiger partial charge in [0, 0.05) is 24.4 Å². The molecule has 0 rings (SSSR count). The van der Waals surface area contributed by atoms with Crippen LogP contribution in [0.4, 0.5) is 0 Å². The normalized spacial score (nSPS) is 0. The first kappa shape index (κ1) is 58.1. The van der Waals surface area contributed by atoms with Gasteiger partial charge in [-0.15, -0.1) is 0 Å². The molecule has 0 saturated carbocycles. The van der Waals surface area contributed by atoms with Crippen molar-refractivity contribution in [3.63, 3.8) is 0 Å². The van der Waals surface area contributed by atoms with Gasteiger partial charge in [0.1, 0.15) is 0 Å². The quantitative estimate of drug-likeness (QED) is 0.421. The Kier molecular flexibility index (Phi) is 403. The van der Waals surface area contributed by atoms with Gasteiger partial charge in [-0.25, -0.2) is 0 Å². The van der Waals surface area contributed by atoms with E-state index in [0.717, 1.165) is 0 Å². The smallest absolute Gasteiger partial charge is 0 e. The Morgan fingerprint density at radius 1 is 0.750 bits per heavy atom. The number of hydrogen-bond acceptors (Lipinski definition) is 0. The molecule has 0 aromatic heterocycles. The fourth-order valence-electron chi connectivity index (χ4n) is 0. The maximum atomic E-state index is 0. The van der Waals surface area contributed by atoms with Crippen molar-refractivity contribution < 1.29 is 17.0 Å². The summed E-state index contributed by atoms with van der Waals surface area (Å²) in [6.07, 6.45) is 0. The summed E-state index contributed by atoms with van der Waals surface area (Å²) < 4.78 is 0. The Bertz CT molecular complexity index is 6.00. The van der Waals surface area contributed by atoms with Crippen molar-refractivity contribution in [2.45, 2.75) is 14.9 Å². The summed E-state index contributed by atoms with van der Waals surface area (Å²) in [6, 6.07) is 0. The predicted octanol–water partition coefficient (Wildman–Crippen LogP) is -2.10. The van der Waals surface area contributed by atoms with Gasteiger partial charge in [0.25, 0.3) is 0 Å². The molecule has 0 unspecified atom stereocenters. The average Bonchev–Trinajstić information content (AvgIpc) is 0. The van der Waals surface area contributed by atoms with Crippen LogP contribution in [0.5, 0.6) is 0 Å². The summed E-state index contributed by atoms with van der Waals surface area (Å²) in [5, 5.41) is 0. The third-order valence-corrected chi connectivity index (χ3v) is 0. The molecule has 0 bridgehead atoms. The van der Waals surface area contributed by atoms with Gasteiger partial charge in [0.2, 0.25) is 0 Å². The Balaban J connectivity index is 0. The van der Waals surface area contributed by atoms with Crippen LogP contribution in [-0.4, -0.2) is 24.4 Å². The van der Waals surface area contributed by atoms with Crippen LogP contribution in [0.2, 0.25) is 0 Å². The first-order valence-corrected chi connectivity index (χ1v) is 0. The van der Waals surface area contributed by atoms with E-state index < -0.39 is 0 Å². The van der Waals surface area contributed by atoms with Crippen molar-refractivity contribution in [1.82, 2.24) is 0 Å². The van der Waals surface area contributed by atoms with Crippen LogP contribution in [0.15, 0.2) is 0 Å². The summed E-state index contributed by atoms with van der Waals surface area (Å²) in [4.78, 5) is 0. The van der Waals surface area contributed by atoms with Gasteiger partial charge in [-0.1, -0.05) is 14.9 Å². The molecule has 0 heterocycles. The predicted molar refractivity (Wildman–Crippen MR) is 19.2 cm³/mol. The van der Waals surface area contributed by atoms with Crippen LogP contribution in [0.25, 0.3) is 0 Å². The number of hydrogen-bond donors (Lipinski definition) is 0. The van der Waals surface area contributed by atoms with E-state index in [1.165, 1.54) is 0 Å². The molecule has 0 aliphatic rings. The Labute approximate surface area is 56.2 Å². The van der Waals surface area contributed by atoms with Crippen LogP contribution >= 0.6 is 0 Å². The topological polar surface area (TPSA) is 0 Å². The van der Waals surface area contributed by atoms with E-state index >= 15 is 0 Å². The van der Waals surface area contributed by atoms with Gasteiger partial charge in [-0.05, 0) is 0 Å². The standard InChI is InChI=1S/2CH4.BrH.Sb/h2*1H4;1H;/p-1. The molecule has 0 aromatic carbocycles. The van der Waals surface area contributed by atoms with Gasteiger partial charge in [-0.2, -0.15) is 0 Å². The average molecular weight is 234 g/mol. The van der Waals surface area contributed by atoms with E-state index in [1.54, 1.807) is 0 Å². The number of halogens is 1. The van der Waals surface area contributed by atoms with Crippen molar-refractivity contribution in [3.8, 4) is 0 Å². The molecule has 0 atom stereocenters. The van der Waals surface area contributed by atoms with Crippen LogP contribution < -0.4 is 17.0 Å². The molecule has 0 fully saturated rings. The maximum Gasteiger partial charge on any atom is 0 e.